The largest absolute Gasteiger partial charge is 0.434 e. The topological polar surface area (TPSA) is 48.9 Å². The molecule has 10 heteroatoms. The van der Waals surface area contributed by atoms with Gasteiger partial charge in [-0.3, -0.25) is 9.89 Å². The molecule has 1 saturated heterocycles. The van der Waals surface area contributed by atoms with Crippen molar-refractivity contribution >= 4 is 17.6 Å². The van der Waals surface area contributed by atoms with Crippen LogP contribution in [-0.2, 0) is 6.54 Å². The van der Waals surface area contributed by atoms with Crippen molar-refractivity contribution in [2.24, 2.45) is 4.99 Å². The van der Waals surface area contributed by atoms with Crippen LogP contribution in [0.5, 0.6) is 5.75 Å². The molecule has 1 aromatic rings. The van der Waals surface area contributed by atoms with Gasteiger partial charge in [0.1, 0.15) is 5.75 Å². The van der Waals surface area contributed by atoms with Crippen molar-refractivity contribution in [1.82, 2.24) is 15.5 Å². The van der Waals surface area contributed by atoms with Crippen molar-refractivity contribution in [3.63, 3.8) is 0 Å². The number of alkyl halides is 4. The molecule has 152 valence electrons. The molecule has 0 radical (unpaired) electrons. The molecule has 1 aromatic carbocycles. The third-order valence-corrected chi connectivity index (χ3v) is 4.47. The van der Waals surface area contributed by atoms with Crippen LogP contribution >= 0.6 is 11.6 Å². The highest BCUT2D eigenvalue weighted by Crippen LogP contribution is 2.24. The normalized spacial score (nSPS) is 16.8. The lowest BCUT2D eigenvalue weighted by Gasteiger charge is -2.32. The molecule has 0 bridgehead atoms. The quantitative estimate of drug-likeness (QED) is 0.411. The van der Waals surface area contributed by atoms with E-state index in [0.29, 0.717) is 42.5 Å². The number of likely N-dealkylation sites (tertiary alicyclic amines) is 1. The molecule has 2 N–H and O–H groups in total. The summed E-state index contributed by atoms with van der Waals surface area (Å²) in [5.41, 5.74) is 0.470. The minimum atomic E-state index is -2.93. The Morgan fingerprint density at radius 2 is 2.00 bits per heavy atom. The summed E-state index contributed by atoms with van der Waals surface area (Å²) in [4.78, 5) is 5.85. The van der Waals surface area contributed by atoms with E-state index in [2.05, 4.69) is 20.4 Å². The van der Waals surface area contributed by atoms with Crippen molar-refractivity contribution in [2.75, 3.05) is 26.7 Å². The second-order valence-electron chi connectivity index (χ2n) is 6.17. The van der Waals surface area contributed by atoms with E-state index in [4.69, 9.17) is 11.6 Å². The molecule has 1 fully saturated rings. The number of ether oxygens (including phenoxy) is 1. The maximum Gasteiger partial charge on any atom is 0.387 e. The molecule has 1 heterocycles. The highest BCUT2D eigenvalue weighted by Gasteiger charge is 2.22. The molecule has 0 amide bonds. The van der Waals surface area contributed by atoms with Gasteiger partial charge in [-0.25, -0.2) is 8.78 Å². The predicted molar refractivity (Wildman–Crippen MR) is 96.9 cm³/mol. The van der Waals surface area contributed by atoms with Crippen LogP contribution in [0, 0.1) is 0 Å². The van der Waals surface area contributed by atoms with Crippen LogP contribution in [0.4, 0.5) is 17.6 Å². The fraction of sp³-hybridized carbons (Fsp3) is 0.588. The maximum absolute atomic E-state index is 12.5. The molecule has 27 heavy (non-hydrogen) atoms. The molecule has 1 aliphatic rings. The number of hydrogen-bond acceptors (Lipinski definition) is 3. The summed E-state index contributed by atoms with van der Waals surface area (Å²) >= 11 is 5.93. The van der Waals surface area contributed by atoms with Crippen LogP contribution in [-0.4, -0.2) is 56.6 Å². The van der Waals surface area contributed by atoms with Gasteiger partial charge in [-0.2, -0.15) is 8.78 Å². The molecule has 0 spiro atoms. The Kier molecular flexibility index (Phi) is 8.43. The molecule has 0 aromatic heterocycles. The van der Waals surface area contributed by atoms with Crippen molar-refractivity contribution in [3.05, 3.63) is 28.8 Å². The van der Waals surface area contributed by atoms with Crippen LogP contribution < -0.4 is 15.4 Å². The highest BCUT2D eigenvalue weighted by atomic mass is 35.5. The summed E-state index contributed by atoms with van der Waals surface area (Å²) in [6.45, 7) is -1.78. The van der Waals surface area contributed by atoms with Crippen molar-refractivity contribution in [1.29, 1.82) is 0 Å². The van der Waals surface area contributed by atoms with Crippen LogP contribution in [0.1, 0.15) is 18.4 Å². The number of aliphatic imine (C=N–C) groups is 1. The summed E-state index contributed by atoms with van der Waals surface area (Å²) < 4.78 is 54.4. The van der Waals surface area contributed by atoms with Crippen LogP contribution in [0.2, 0.25) is 5.02 Å². The Hall–Kier alpha value is -1.74. The van der Waals surface area contributed by atoms with Crippen molar-refractivity contribution < 1.29 is 22.3 Å². The fourth-order valence-electron chi connectivity index (χ4n) is 2.92. The lowest BCUT2D eigenvalue weighted by molar-refractivity contribution is -0.0504. The molecular formula is C17H23ClF4N4O. The summed E-state index contributed by atoms with van der Waals surface area (Å²) in [7, 11) is 1.59. The summed E-state index contributed by atoms with van der Waals surface area (Å²) in [6.07, 6.45) is -0.902. The van der Waals surface area contributed by atoms with E-state index in [-0.39, 0.29) is 24.9 Å². The average Bonchev–Trinajstić information content (AvgIpc) is 2.61. The number of halogens is 5. The SMILES string of the molecule is CN=C(NCc1cc(Cl)ccc1OC(F)F)NC1CCN(CC(F)F)CC1. The summed E-state index contributed by atoms with van der Waals surface area (Å²) in [6, 6.07) is 4.51. The monoisotopic (exact) mass is 410 g/mol. The van der Waals surface area contributed by atoms with Crippen molar-refractivity contribution in [2.45, 2.75) is 38.5 Å². The van der Waals surface area contributed by atoms with Gasteiger partial charge in [-0.1, -0.05) is 11.6 Å². The van der Waals surface area contributed by atoms with E-state index in [0.717, 1.165) is 0 Å². The number of nitrogens with zero attached hydrogens (tertiary/aromatic N) is 2. The van der Waals surface area contributed by atoms with Gasteiger partial charge in [0.05, 0.1) is 6.54 Å². The lowest BCUT2D eigenvalue weighted by Crippen LogP contribution is -2.49. The van der Waals surface area contributed by atoms with Gasteiger partial charge in [0.2, 0.25) is 0 Å². The standard InChI is InChI=1S/C17H23ClF4N4O/c1-23-17(25-13-4-6-26(7-5-13)10-15(19)20)24-9-11-8-12(18)2-3-14(11)27-16(21)22/h2-3,8,13,15-16H,4-7,9-10H2,1H3,(H2,23,24,25). The molecule has 0 atom stereocenters. The molecule has 5 nitrogen and oxygen atoms in total. The highest BCUT2D eigenvalue weighted by molar-refractivity contribution is 6.30. The number of benzene rings is 1. The molecule has 2 rings (SSSR count). The van der Waals surface area contributed by atoms with Crippen molar-refractivity contribution in [3.8, 4) is 5.75 Å². The Morgan fingerprint density at radius 3 is 2.59 bits per heavy atom. The van der Waals surface area contributed by atoms with Gasteiger partial charge >= 0.3 is 6.61 Å². The number of nitrogens with one attached hydrogen (secondary N) is 2. The van der Waals surface area contributed by atoms with E-state index in [1.165, 1.54) is 12.1 Å². The van der Waals surface area contributed by atoms with Crippen LogP contribution in [0.25, 0.3) is 0 Å². The molecular weight excluding hydrogens is 388 g/mol. The van der Waals surface area contributed by atoms with Gasteiger partial charge in [0, 0.05) is 43.3 Å². The first-order valence-electron chi connectivity index (χ1n) is 8.58. The van der Waals surface area contributed by atoms with Gasteiger partial charge in [0.25, 0.3) is 6.43 Å². The van der Waals surface area contributed by atoms with Gasteiger partial charge in [0.15, 0.2) is 5.96 Å². The Labute approximate surface area is 160 Å². The van der Waals surface area contributed by atoms with Gasteiger partial charge < -0.3 is 15.4 Å². The first kappa shape index (κ1) is 21.6. The lowest BCUT2D eigenvalue weighted by atomic mass is 10.1. The summed E-state index contributed by atoms with van der Waals surface area (Å²) in [5.74, 6) is 0.531. The predicted octanol–water partition coefficient (Wildman–Crippen LogP) is 3.34. The minimum absolute atomic E-state index is 0.0395. The first-order valence-corrected chi connectivity index (χ1v) is 8.96. The van der Waals surface area contributed by atoms with Crippen LogP contribution in [0.15, 0.2) is 23.2 Å². The maximum atomic E-state index is 12.5. The summed E-state index contributed by atoms with van der Waals surface area (Å²) in [5, 5.41) is 6.67. The molecule has 1 aliphatic heterocycles. The third-order valence-electron chi connectivity index (χ3n) is 4.23. The van der Waals surface area contributed by atoms with E-state index < -0.39 is 13.0 Å². The zero-order chi connectivity index (χ0) is 19.8. The zero-order valence-corrected chi connectivity index (χ0v) is 15.7. The molecule has 0 unspecified atom stereocenters. The fourth-order valence-corrected chi connectivity index (χ4v) is 3.11. The molecule has 0 aliphatic carbocycles. The molecule has 0 saturated carbocycles. The number of piperidine rings is 1. The number of rotatable bonds is 7. The number of hydrogen-bond donors (Lipinski definition) is 2. The van der Waals surface area contributed by atoms with E-state index in [1.807, 2.05) is 0 Å². The van der Waals surface area contributed by atoms with E-state index in [1.54, 1.807) is 18.0 Å². The zero-order valence-electron chi connectivity index (χ0n) is 14.9. The smallest absolute Gasteiger partial charge is 0.387 e. The Morgan fingerprint density at radius 1 is 1.30 bits per heavy atom. The second-order valence-corrected chi connectivity index (χ2v) is 6.60. The van der Waals surface area contributed by atoms with E-state index in [9.17, 15) is 17.6 Å². The Bertz CT molecular complexity index is 625. The number of guanidine groups is 1. The Balaban J connectivity index is 1.87. The minimum Gasteiger partial charge on any atom is -0.434 e. The third kappa shape index (κ3) is 7.42. The van der Waals surface area contributed by atoms with Crippen LogP contribution in [0.3, 0.4) is 0 Å². The average molecular weight is 411 g/mol. The van der Waals surface area contributed by atoms with E-state index >= 15 is 0 Å². The second kappa shape index (κ2) is 10.6. The first-order chi connectivity index (χ1) is 12.9. The van der Waals surface area contributed by atoms with Gasteiger partial charge in [-0.05, 0) is 31.0 Å². The van der Waals surface area contributed by atoms with Gasteiger partial charge in [-0.15, -0.1) is 0 Å².